The third kappa shape index (κ3) is 4.34. The zero-order valence-corrected chi connectivity index (χ0v) is 10.4. The summed E-state index contributed by atoms with van der Waals surface area (Å²) in [6, 6.07) is 8.11. The Kier molecular flexibility index (Phi) is 5.97. The second-order valence-corrected chi connectivity index (χ2v) is 3.97. The van der Waals surface area contributed by atoms with Crippen LogP contribution < -0.4 is 10.1 Å². The highest BCUT2D eigenvalue weighted by molar-refractivity contribution is 5.29. The first kappa shape index (κ1) is 14.0. The molecule has 0 heterocycles. The number of hydrogen-bond donors (Lipinski definition) is 3. The first-order valence-corrected chi connectivity index (χ1v) is 5.90. The molecule has 1 rings (SSSR count). The molecule has 0 aromatic heterocycles. The molecule has 0 aliphatic heterocycles. The zero-order chi connectivity index (χ0) is 12.7. The SMILES string of the molecule is CCC(NC)c1ccc(OCC(O)CO)cc1. The molecule has 0 fully saturated rings. The zero-order valence-electron chi connectivity index (χ0n) is 10.4. The number of hydrogen-bond acceptors (Lipinski definition) is 4. The smallest absolute Gasteiger partial charge is 0.119 e. The Morgan fingerprint density at radius 1 is 1.29 bits per heavy atom. The third-order valence-electron chi connectivity index (χ3n) is 2.69. The van der Waals surface area contributed by atoms with Crippen LogP contribution in [0.4, 0.5) is 0 Å². The van der Waals surface area contributed by atoms with Crippen LogP contribution in [0.2, 0.25) is 0 Å². The van der Waals surface area contributed by atoms with Crippen LogP contribution in [0.15, 0.2) is 24.3 Å². The van der Waals surface area contributed by atoms with Crippen LogP contribution in [-0.4, -0.2) is 36.6 Å². The Bertz CT molecular complexity index is 309. The Labute approximate surface area is 102 Å². The Hall–Kier alpha value is -1.10. The van der Waals surface area contributed by atoms with Gasteiger partial charge in [-0.15, -0.1) is 0 Å². The van der Waals surface area contributed by atoms with Gasteiger partial charge in [-0.25, -0.2) is 0 Å². The Morgan fingerprint density at radius 3 is 2.41 bits per heavy atom. The first-order valence-electron chi connectivity index (χ1n) is 5.90. The number of rotatable bonds is 7. The van der Waals surface area contributed by atoms with Gasteiger partial charge in [0, 0.05) is 6.04 Å². The molecule has 0 amide bonds. The molecule has 0 radical (unpaired) electrons. The quantitative estimate of drug-likeness (QED) is 0.666. The fourth-order valence-corrected chi connectivity index (χ4v) is 1.65. The van der Waals surface area contributed by atoms with Gasteiger partial charge in [-0.2, -0.15) is 0 Å². The van der Waals surface area contributed by atoms with E-state index in [0.717, 1.165) is 6.42 Å². The summed E-state index contributed by atoms with van der Waals surface area (Å²) in [6.45, 7) is 1.96. The van der Waals surface area contributed by atoms with Crippen molar-refractivity contribution in [3.05, 3.63) is 29.8 Å². The molecular formula is C13H21NO3. The first-order chi connectivity index (χ1) is 8.21. The summed E-state index contributed by atoms with van der Waals surface area (Å²) in [7, 11) is 1.94. The van der Waals surface area contributed by atoms with Crippen molar-refractivity contribution in [2.24, 2.45) is 0 Å². The lowest BCUT2D eigenvalue weighted by atomic mass is 10.1. The third-order valence-corrected chi connectivity index (χ3v) is 2.69. The van der Waals surface area contributed by atoms with E-state index in [0.29, 0.717) is 11.8 Å². The lowest BCUT2D eigenvalue weighted by Crippen LogP contribution is -2.21. The van der Waals surface area contributed by atoms with E-state index in [1.807, 2.05) is 31.3 Å². The molecule has 3 N–H and O–H groups in total. The van der Waals surface area contributed by atoms with Crippen LogP contribution >= 0.6 is 0 Å². The maximum atomic E-state index is 9.15. The predicted molar refractivity (Wildman–Crippen MR) is 67.1 cm³/mol. The Balaban J connectivity index is 2.55. The largest absolute Gasteiger partial charge is 0.491 e. The summed E-state index contributed by atoms with van der Waals surface area (Å²) >= 11 is 0. The molecule has 2 atom stereocenters. The van der Waals surface area contributed by atoms with Crippen LogP contribution in [0.1, 0.15) is 24.9 Å². The van der Waals surface area contributed by atoms with Crippen LogP contribution in [0.3, 0.4) is 0 Å². The fourth-order valence-electron chi connectivity index (χ4n) is 1.65. The van der Waals surface area contributed by atoms with E-state index in [-0.39, 0.29) is 13.2 Å². The molecule has 1 aromatic rings. The number of ether oxygens (including phenoxy) is 1. The van der Waals surface area contributed by atoms with Gasteiger partial charge in [-0.05, 0) is 31.2 Å². The van der Waals surface area contributed by atoms with Gasteiger partial charge in [0.15, 0.2) is 0 Å². The fraction of sp³-hybridized carbons (Fsp3) is 0.538. The minimum absolute atomic E-state index is 0.110. The summed E-state index contributed by atoms with van der Waals surface area (Å²) < 4.78 is 5.33. The van der Waals surface area contributed by atoms with E-state index < -0.39 is 6.10 Å². The minimum Gasteiger partial charge on any atom is -0.491 e. The lowest BCUT2D eigenvalue weighted by Gasteiger charge is -2.15. The van der Waals surface area contributed by atoms with Crippen molar-refractivity contribution < 1.29 is 14.9 Å². The number of aliphatic hydroxyl groups excluding tert-OH is 2. The van der Waals surface area contributed by atoms with Crippen molar-refractivity contribution in [2.75, 3.05) is 20.3 Å². The summed E-state index contributed by atoms with van der Waals surface area (Å²) in [5, 5.41) is 21.0. The number of nitrogens with one attached hydrogen (secondary N) is 1. The van der Waals surface area contributed by atoms with E-state index in [4.69, 9.17) is 14.9 Å². The molecule has 2 unspecified atom stereocenters. The van der Waals surface area contributed by atoms with E-state index in [1.54, 1.807) is 0 Å². The van der Waals surface area contributed by atoms with Crippen molar-refractivity contribution in [2.45, 2.75) is 25.5 Å². The monoisotopic (exact) mass is 239 g/mol. The molecule has 0 spiro atoms. The van der Waals surface area contributed by atoms with Gasteiger partial charge < -0.3 is 20.3 Å². The van der Waals surface area contributed by atoms with Crippen molar-refractivity contribution in [1.29, 1.82) is 0 Å². The highest BCUT2D eigenvalue weighted by atomic mass is 16.5. The van der Waals surface area contributed by atoms with Gasteiger partial charge in [-0.1, -0.05) is 19.1 Å². The number of benzene rings is 1. The van der Waals surface area contributed by atoms with Crippen molar-refractivity contribution >= 4 is 0 Å². The molecular weight excluding hydrogens is 218 g/mol. The lowest BCUT2D eigenvalue weighted by molar-refractivity contribution is 0.0536. The van der Waals surface area contributed by atoms with Crippen LogP contribution in [0.25, 0.3) is 0 Å². The second-order valence-electron chi connectivity index (χ2n) is 3.97. The molecule has 0 bridgehead atoms. The molecule has 0 aliphatic carbocycles. The van der Waals surface area contributed by atoms with Crippen LogP contribution in [-0.2, 0) is 0 Å². The van der Waals surface area contributed by atoms with E-state index in [2.05, 4.69) is 12.2 Å². The average Bonchev–Trinajstić information content (AvgIpc) is 2.38. The van der Waals surface area contributed by atoms with Gasteiger partial charge in [0.05, 0.1) is 6.61 Å². The molecule has 0 saturated carbocycles. The van der Waals surface area contributed by atoms with E-state index >= 15 is 0 Å². The normalized spacial score (nSPS) is 14.4. The summed E-state index contributed by atoms with van der Waals surface area (Å²) in [6.07, 6.45) is 0.204. The Morgan fingerprint density at radius 2 is 1.94 bits per heavy atom. The average molecular weight is 239 g/mol. The molecule has 0 aliphatic rings. The second kappa shape index (κ2) is 7.27. The van der Waals surface area contributed by atoms with E-state index in [9.17, 15) is 0 Å². The molecule has 17 heavy (non-hydrogen) atoms. The van der Waals surface area contributed by atoms with E-state index in [1.165, 1.54) is 5.56 Å². The molecule has 4 heteroatoms. The topological polar surface area (TPSA) is 61.7 Å². The molecule has 4 nitrogen and oxygen atoms in total. The van der Waals surface area contributed by atoms with Gasteiger partial charge in [0.25, 0.3) is 0 Å². The molecule has 96 valence electrons. The maximum Gasteiger partial charge on any atom is 0.119 e. The molecule has 1 aromatic carbocycles. The summed E-state index contributed by atoms with van der Waals surface area (Å²) in [5.41, 5.74) is 1.21. The highest BCUT2D eigenvalue weighted by Gasteiger charge is 2.07. The van der Waals surface area contributed by atoms with Gasteiger partial charge in [0.1, 0.15) is 18.5 Å². The van der Waals surface area contributed by atoms with Gasteiger partial charge in [-0.3, -0.25) is 0 Å². The van der Waals surface area contributed by atoms with Crippen molar-refractivity contribution in [1.82, 2.24) is 5.32 Å². The highest BCUT2D eigenvalue weighted by Crippen LogP contribution is 2.19. The van der Waals surface area contributed by atoms with Gasteiger partial charge in [0.2, 0.25) is 0 Å². The standard InChI is InChI=1S/C13H21NO3/c1-3-13(14-2)10-4-6-12(7-5-10)17-9-11(16)8-15/h4-7,11,13-16H,3,8-9H2,1-2H3. The van der Waals surface area contributed by atoms with Crippen LogP contribution in [0.5, 0.6) is 5.75 Å². The van der Waals surface area contributed by atoms with Crippen molar-refractivity contribution in [3.8, 4) is 5.75 Å². The number of aliphatic hydroxyl groups is 2. The van der Waals surface area contributed by atoms with Gasteiger partial charge >= 0.3 is 0 Å². The van der Waals surface area contributed by atoms with Crippen LogP contribution in [0, 0.1) is 0 Å². The van der Waals surface area contributed by atoms with Crippen molar-refractivity contribution in [3.63, 3.8) is 0 Å². The minimum atomic E-state index is -0.824. The molecule has 0 saturated heterocycles. The predicted octanol–water partition coefficient (Wildman–Crippen LogP) is 1.09. The maximum absolute atomic E-state index is 9.15. The summed E-state index contributed by atoms with van der Waals surface area (Å²) in [4.78, 5) is 0. The summed E-state index contributed by atoms with van der Waals surface area (Å²) in [5.74, 6) is 0.701.